The molecule has 90 valence electrons. The molecular weight excluding hydrogens is 222 g/mol. The maximum absolute atomic E-state index is 12.3. The average Bonchev–Trinajstić information content (AvgIpc) is 2.64. The smallest absolute Gasteiger partial charge is 0.255 e. The summed E-state index contributed by atoms with van der Waals surface area (Å²) in [4.78, 5) is 14.2. The van der Waals surface area contributed by atoms with E-state index < -0.39 is 0 Å². The van der Waals surface area contributed by atoms with E-state index in [2.05, 4.69) is 18.2 Å². The highest BCUT2D eigenvalue weighted by Crippen LogP contribution is 2.38. The second kappa shape index (κ2) is 3.98. The van der Waals surface area contributed by atoms with E-state index in [0.717, 1.165) is 22.3 Å². The third kappa shape index (κ3) is 1.46. The minimum absolute atomic E-state index is 0.0496. The Morgan fingerprint density at radius 1 is 1.00 bits per heavy atom. The molecule has 1 aliphatic heterocycles. The fourth-order valence-electron chi connectivity index (χ4n) is 2.75. The summed E-state index contributed by atoms with van der Waals surface area (Å²) in [6, 6.07) is 16.3. The van der Waals surface area contributed by atoms with Crippen molar-refractivity contribution in [2.45, 2.75) is 13.0 Å². The first-order valence-corrected chi connectivity index (χ1v) is 6.12. The number of carbonyl (C=O) groups is 1. The fourth-order valence-corrected chi connectivity index (χ4v) is 2.75. The highest BCUT2D eigenvalue weighted by atomic mass is 16.2. The summed E-state index contributed by atoms with van der Waals surface area (Å²) in [6.07, 6.45) is 0. The van der Waals surface area contributed by atoms with Crippen molar-refractivity contribution in [1.29, 1.82) is 0 Å². The fraction of sp³-hybridized carbons (Fsp3) is 0.188. The lowest BCUT2D eigenvalue weighted by atomic mass is 9.96. The van der Waals surface area contributed by atoms with Crippen LogP contribution in [0.5, 0.6) is 0 Å². The summed E-state index contributed by atoms with van der Waals surface area (Å²) in [5.41, 5.74) is 4.21. The zero-order chi connectivity index (χ0) is 12.7. The minimum atomic E-state index is 0.0496. The van der Waals surface area contributed by atoms with E-state index in [1.165, 1.54) is 0 Å². The predicted molar refractivity (Wildman–Crippen MR) is 71.6 cm³/mol. The molecular formula is C16H15NO. The highest BCUT2D eigenvalue weighted by molar-refractivity contribution is 6.00. The molecule has 1 atom stereocenters. The normalized spacial score (nSPS) is 18.0. The van der Waals surface area contributed by atoms with E-state index in [1.54, 1.807) is 0 Å². The zero-order valence-electron chi connectivity index (χ0n) is 10.6. The van der Waals surface area contributed by atoms with E-state index in [9.17, 15) is 4.79 Å². The van der Waals surface area contributed by atoms with Crippen molar-refractivity contribution in [3.8, 4) is 0 Å². The van der Waals surface area contributed by atoms with Gasteiger partial charge in [0.1, 0.15) is 0 Å². The predicted octanol–water partition coefficient (Wildman–Crippen LogP) is 3.17. The van der Waals surface area contributed by atoms with E-state index in [4.69, 9.17) is 0 Å². The summed E-state index contributed by atoms with van der Waals surface area (Å²) in [7, 11) is 1.87. The van der Waals surface area contributed by atoms with Crippen LogP contribution >= 0.6 is 0 Å². The molecule has 1 amide bonds. The molecule has 1 unspecified atom stereocenters. The molecule has 0 fully saturated rings. The minimum Gasteiger partial charge on any atom is -0.331 e. The van der Waals surface area contributed by atoms with Crippen LogP contribution < -0.4 is 0 Å². The van der Waals surface area contributed by atoms with Crippen LogP contribution in [-0.2, 0) is 0 Å². The van der Waals surface area contributed by atoms with Crippen molar-refractivity contribution in [2.75, 3.05) is 7.05 Å². The van der Waals surface area contributed by atoms with Gasteiger partial charge in [0.2, 0.25) is 0 Å². The van der Waals surface area contributed by atoms with Crippen molar-refractivity contribution < 1.29 is 4.79 Å². The molecule has 0 saturated carbocycles. The van der Waals surface area contributed by atoms with Gasteiger partial charge in [0, 0.05) is 12.6 Å². The number of fused-ring (bicyclic) bond motifs is 1. The van der Waals surface area contributed by atoms with Crippen molar-refractivity contribution >= 4 is 5.91 Å². The standard InChI is InChI=1S/C16H15NO/c1-11-7-6-10-13-14(11)16(18)17(2)15(13)12-8-4-3-5-9-12/h3-10,15H,1-2H3. The van der Waals surface area contributed by atoms with Gasteiger partial charge in [-0.05, 0) is 23.6 Å². The lowest BCUT2D eigenvalue weighted by Crippen LogP contribution is -2.23. The van der Waals surface area contributed by atoms with Gasteiger partial charge in [0.25, 0.3) is 5.91 Å². The quantitative estimate of drug-likeness (QED) is 0.746. The second-order valence-corrected chi connectivity index (χ2v) is 4.77. The number of benzene rings is 2. The van der Waals surface area contributed by atoms with Gasteiger partial charge in [-0.2, -0.15) is 0 Å². The van der Waals surface area contributed by atoms with Gasteiger partial charge in [0.15, 0.2) is 0 Å². The van der Waals surface area contributed by atoms with Crippen LogP contribution in [0.1, 0.15) is 33.1 Å². The SMILES string of the molecule is Cc1cccc2c1C(=O)N(C)C2c1ccccc1. The van der Waals surface area contributed by atoms with Gasteiger partial charge < -0.3 is 4.90 Å². The van der Waals surface area contributed by atoms with Crippen LogP contribution in [0.3, 0.4) is 0 Å². The van der Waals surface area contributed by atoms with E-state index in [0.29, 0.717) is 0 Å². The monoisotopic (exact) mass is 237 g/mol. The number of nitrogens with zero attached hydrogens (tertiary/aromatic N) is 1. The van der Waals surface area contributed by atoms with Crippen molar-refractivity contribution in [1.82, 2.24) is 4.90 Å². The van der Waals surface area contributed by atoms with Gasteiger partial charge in [-0.1, -0.05) is 48.5 Å². The molecule has 0 aromatic heterocycles. The Morgan fingerprint density at radius 2 is 1.72 bits per heavy atom. The molecule has 1 heterocycles. The number of carbonyl (C=O) groups excluding carboxylic acids is 1. The molecule has 0 aliphatic carbocycles. The van der Waals surface area contributed by atoms with E-state index in [-0.39, 0.29) is 11.9 Å². The lowest BCUT2D eigenvalue weighted by Gasteiger charge is -2.21. The second-order valence-electron chi connectivity index (χ2n) is 4.77. The molecule has 18 heavy (non-hydrogen) atoms. The van der Waals surface area contributed by atoms with Gasteiger partial charge in [-0.3, -0.25) is 4.79 Å². The summed E-state index contributed by atoms with van der Waals surface area (Å²) in [6.45, 7) is 2.00. The van der Waals surface area contributed by atoms with Crippen LogP contribution in [-0.4, -0.2) is 17.9 Å². The Hall–Kier alpha value is -2.09. The Labute approximate surface area is 107 Å². The van der Waals surface area contributed by atoms with Crippen LogP contribution in [0, 0.1) is 6.92 Å². The number of hydrogen-bond acceptors (Lipinski definition) is 1. The van der Waals surface area contributed by atoms with Gasteiger partial charge in [-0.15, -0.1) is 0 Å². The molecule has 0 spiro atoms. The first-order valence-electron chi connectivity index (χ1n) is 6.12. The molecule has 0 N–H and O–H groups in total. The van der Waals surface area contributed by atoms with Crippen LogP contribution in [0.15, 0.2) is 48.5 Å². The Bertz CT molecular complexity index is 604. The lowest BCUT2D eigenvalue weighted by molar-refractivity contribution is 0.0793. The van der Waals surface area contributed by atoms with Gasteiger partial charge >= 0.3 is 0 Å². The molecule has 0 saturated heterocycles. The zero-order valence-corrected chi connectivity index (χ0v) is 10.6. The largest absolute Gasteiger partial charge is 0.331 e. The maximum atomic E-state index is 12.3. The van der Waals surface area contributed by atoms with Crippen molar-refractivity contribution in [3.05, 3.63) is 70.8 Å². The summed E-state index contributed by atoms with van der Waals surface area (Å²) in [5, 5.41) is 0. The van der Waals surface area contributed by atoms with Gasteiger partial charge in [0.05, 0.1) is 6.04 Å². The molecule has 0 radical (unpaired) electrons. The third-order valence-electron chi connectivity index (χ3n) is 3.64. The molecule has 2 heteroatoms. The van der Waals surface area contributed by atoms with Crippen molar-refractivity contribution in [2.24, 2.45) is 0 Å². The van der Waals surface area contributed by atoms with Crippen LogP contribution in [0.4, 0.5) is 0 Å². The molecule has 3 rings (SSSR count). The first kappa shape index (κ1) is 11.0. The molecule has 0 bridgehead atoms. The Balaban J connectivity index is 2.20. The van der Waals surface area contributed by atoms with E-state index >= 15 is 0 Å². The van der Waals surface area contributed by atoms with E-state index in [1.807, 2.05) is 49.2 Å². The number of amides is 1. The van der Waals surface area contributed by atoms with Gasteiger partial charge in [-0.25, -0.2) is 0 Å². The summed E-state index contributed by atoms with van der Waals surface area (Å²) < 4.78 is 0. The molecule has 2 aromatic rings. The third-order valence-corrected chi connectivity index (χ3v) is 3.64. The highest BCUT2D eigenvalue weighted by Gasteiger charge is 2.35. The molecule has 2 aromatic carbocycles. The first-order chi connectivity index (χ1) is 8.70. The Kier molecular flexibility index (Phi) is 2.44. The summed E-state index contributed by atoms with van der Waals surface area (Å²) >= 11 is 0. The van der Waals surface area contributed by atoms with Crippen LogP contribution in [0.2, 0.25) is 0 Å². The topological polar surface area (TPSA) is 20.3 Å². The van der Waals surface area contributed by atoms with Crippen LogP contribution in [0.25, 0.3) is 0 Å². The number of rotatable bonds is 1. The Morgan fingerprint density at radius 3 is 2.44 bits per heavy atom. The maximum Gasteiger partial charge on any atom is 0.255 e. The number of hydrogen-bond donors (Lipinski definition) is 0. The number of aryl methyl sites for hydroxylation is 1. The summed E-state index contributed by atoms with van der Waals surface area (Å²) in [5.74, 6) is 0.122. The molecule has 2 nitrogen and oxygen atoms in total. The average molecular weight is 237 g/mol. The molecule has 1 aliphatic rings. The van der Waals surface area contributed by atoms with Crippen molar-refractivity contribution in [3.63, 3.8) is 0 Å².